The monoisotopic (exact) mass is 622 g/mol. The molecule has 0 saturated carbocycles. The zero-order chi connectivity index (χ0) is 25.7. The van der Waals surface area contributed by atoms with Gasteiger partial charge >= 0.3 is 24.1 Å². The minimum absolute atomic E-state index is 0.0250. The summed E-state index contributed by atoms with van der Waals surface area (Å²) in [5, 5.41) is 2.86. The predicted octanol–water partition coefficient (Wildman–Crippen LogP) is 6.68. The molecule has 0 spiro atoms. The van der Waals surface area contributed by atoms with Gasteiger partial charge in [-0.3, -0.25) is 0 Å². The lowest BCUT2D eigenvalue weighted by molar-refractivity contribution is -0.361. The Kier molecular flexibility index (Phi) is 8.97. The maximum Gasteiger partial charge on any atom is 0.462 e. The average Bonchev–Trinajstić information content (AvgIpc) is 2.72. The number of benzene rings is 2. The summed E-state index contributed by atoms with van der Waals surface area (Å²) in [4.78, 5) is 11.7. The number of nitrogens with zero attached hydrogens (tertiary/aromatic N) is 1. The van der Waals surface area contributed by atoms with Crippen molar-refractivity contribution in [2.24, 2.45) is 5.10 Å². The Bertz CT molecular complexity index is 1050. The highest BCUT2D eigenvalue weighted by atomic mass is 79.9. The lowest BCUT2D eigenvalue weighted by atomic mass is 10.1. The number of nitrogens with one attached hydrogen (secondary N) is 1. The molecule has 2 aromatic carbocycles. The van der Waals surface area contributed by atoms with E-state index in [4.69, 9.17) is 9.47 Å². The van der Waals surface area contributed by atoms with Crippen molar-refractivity contribution in [3.05, 3.63) is 62.0 Å². The molecular formula is C20H15Br2F7N2O3. The normalized spacial score (nSPS) is 12.6. The van der Waals surface area contributed by atoms with Crippen molar-refractivity contribution in [1.29, 1.82) is 0 Å². The van der Waals surface area contributed by atoms with Crippen molar-refractivity contribution >= 4 is 44.0 Å². The van der Waals surface area contributed by atoms with Gasteiger partial charge in [-0.1, -0.05) is 28.1 Å². The lowest BCUT2D eigenvalue weighted by Crippen LogP contribution is -2.58. The number of hydrogen-bond acceptors (Lipinski definition) is 5. The largest absolute Gasteiger partial charge is 0.487 e. The lowest BCUT2D eigenvalue weighted by Gasteiger charge is -2.27. The summed E-state index contributed by atoms with van der Waals surface area (Å²) in [5.41, 5.74) is 1.44. The first-order chi connectivity index (χ1) is 15.7. The highest BCUT2D eigenvalue weighted by Gasteiger charge is 2.73. The Morgan fingerprint density at radius 3 is 2.24 bits per heavy atom. The second kappa shape index (κ2) is 10.9. The molecule has 0 heterocycles. The third-order valence-corrected chi connectivity index (χ3v) is 5.09. The van der Waals surface area contributed by atoms with Crippen LogP contribution in [0.1, 0.15) is 28.4 Å². The number of rotatable bonds is 9. The van der Waals surface area contributed by atoms with Crippen LogP contribution in [0.25, 0.3) is 0 Å². The van der Waals surface area contributed by atoms with Crippen molar-refractivity contribution in [3.8, 4) is 5.75 Å². The molecule has 0 radical (unpaired) electrons. The van der Waals surface area contributed by atoms with E-state index in [0.29, 0.717) is 31.7 Å². The van der Waals surface area contributed by atoms with Crippen LogP contribution in [0.2, 0.25) is 0 Å². The molecule has 0 saturated heterocycles. The van der Waals surface area contributed by atoms with E-state index < -0.39 is 24.1 Å². The number of esters is 1. The van der Waals surface area contributed by atoms with Crippen LogP contribution in [0.4, 0.5) is 30.7 Å². The van der Waals surface area contributed by atoms with Gasteiger partial charge in [0.15, 0.2) is 0 Å². The van der Waals surface area contributed by atoms with Gasteiger partial charge in [-0.2, -0.15) is 35.8 Å². The molecule has 5 nitrogen and oxygen atoms in total. The molecule has 186 valence electrons. The molecule has 0 aliphatic heterocycles. The molecule has 0 aliphatic carbocycles. The molecule has 2 rings (SSSR count). The standard InChI is InChI=1S/C20H15Br2F7N2O3/c1-2-33-17(32)12-5-3-11(4-6-12)10-34-16-13(7-14(21)8-15(16)22)9-30-31-20(28,29)18(23,24)19(25,26)27/h3-9,31H,2,10H2,1H3/b30-9-. The molecular weight excluding hydrogens is 609 g/mol. The molecule has 0 aromatic heterocycles. The van der Waals surface area contributed by atoms with Crippen LogP contribution in [0, 0.1) is 0 Å². The van der Waals surface area contributed by atoms with E-state index in [1.165, 1.54) is 24.3 Å². The minimum Gasteiger partial charge on any atom is -0.487 e. The SMILES string of the molecule is CCOC(=O)c1ccc(COc2c(Br)cc(Br)cc2/C=N\NC(F)(F)C(F)(F)C(F)(F)F)cc1. The third kappa shape index (κ3) is 6.62. The van der Waals surface area contributed by atoms with Crippen molar-refractivity contribution in [1.82, 2.24) is 5.43 Å². The molecule has 0 aliphatic rings. The Hall–Kier alpha value is -2.35. The van der Waals surface area contributed by atoms with E-state index in [9.17, 15) is 35.5 Å². The average molecular weight is 624 g/mol. The molecule has 2 aromatic rings. The number of carbonyl (C=O) groups is 1. The van der Waals surface area contributed by atoms with Crippen molar-refractivity contribution in [2.75, 3.05) is 6.61 Å². The zero-order valence-electron chi connectivity index (χ0n) is 17.0. The van der Waals surface area contributed by atoms with Crippen LogP contribution < -0.4 is 10.2 Å². The topological polar surface area (TPSA) is 59.9 Å². The van der Waals surface area contributed by atoms with Crippen LogP contribution >= 0.6 is 31.9 Å². The molecule has 34 heavy (non-hydrogen) atoms. The van der Waals surface area contributed by atoms with E-state index in [0.717, 1.165) is 0 Å². The highest BCUT2D eigenvalue weighted by Crippen LogP contribution is 2.45. The molecule has 14 heteroatoms. The number of alkyl halides is 7. The second-order valence-electron chi connectivity index (χ2n) is 6.53. The molecule has 0 bridgehead atoms. The maximum absolute atomic E-state index is 13.4. The van der Waals surface area contributed by atoms with Crippen LogP contribution in [0.3, 0.4) is 0 Å². The van der Waals surface area contributed by atoms with Gasteiger partial charge in [0.2, 0.25) is 0 Å². The van der Waals surface area contributed by atoms with Crippen molar-refractivity contribution in [3.63, 3.8) is 0 Å². The minimum atomic E-state index is -6.49. The Balaban J connectivity index is 2.19. The Morgan fingerprint density at radius 2 is 1.68 bits per heavy atom. The third-order valence-electron chi connectivity index (χ3n) is 4.04. The second-order valence-corrected chi connectivity index (χ2v) is 8.30. The molecule has 0 amide bonds. The van der Waals surface area contributed by atoms with Crippen LogP contribution in [-0.4, -0.2) is 36.9 Å². The van der Waals surface area contributed by atoms with E-state index in [2.05, 4.69) is 37.0 Å². The molecule has 0 unspecified atom stereocenters. The number of ether oxygens (including phenoxy) is 2. The molecule has 0 atom stereocenters. The summed E-state index contributed by atoms with van der Waals surface area (Å²) < 4.78 is 101. The number of halogens is 9. The van der Waals surface area contributed by atoms with E-state index in [1.807, 2.05) is 0 Å². The fraction of sp³-hybridized carbons (Fsp3) is 0.300. The van der Waals surface area contributed by atoms with Crippen LogP contribution in [0.15, 0.2) is 50.4 Å². The van der Waals surface area contributed by atoms with Crippen molar-refractivity contribution < 1.29 is 45.0 Å². The van der Waals surface area contributed by atoms with Gasteiger partial charge in [-0.05, 0) is 52.7 Å². The summed E-state index contributed by atoms with van der Waals surface area (Å²) in [6.45, 7) is 1.80. The maximum atomic E-state index is 13.4. The van der Waals surface area contributed by atoms with Crippen LogP contribution in [0.5, 0.6) is 5.75 Å². The summed E-state index contributed by atoms with van der Waals surface area (Å²) in [7, 11) is 0. The molecule has 0 fully saturated rings. The fourth-order valence-corrected chi connectivity index (χ4v) is 3.74. The Morgan fingerprint density at radius 1 is 1.06 bits per heavy atom. The molecule has 1 N–H and O–H groups in total. The van der Waals surface area contributed by atoms with Gasteiger partial charge in [0.05, 0.1) is 22.9 Å². The van der Waals surface area contributed by atoms with Gasteiger partial charge < -0.3 is 9.47 Å². The first-order valence-corrected chi connectivity index (χ1v) is 10.8. The first-order valence-electron chi connectivity index (χ1n) is 9.20. The zero-order valence-corrected chi connectivity index (χ0v) is 20.2. The van der Waals surface area contributed by atoms with E-state index in [1.54, 1.807) is 19.1 Å². The van der Waals surface area contributed by atoms with Gasteiger partial charge in [0.1, 0.15) is 12.4 Å². The summed E-state index contributed by atoms with van der Waals surface area (Å²) in [6, 6.07) is 3.30. The van der Waals surface area contributed by atoms with Crippen LogP contribution in [-0.2, 0) is 11.3 Å². The summed E-state index contributed by atoms with van der Waals surface area (Å²) in [6.07, 6.45) is -5.88. The number of hydrogen-bond donors (Lipinski definition) is 1. The predicted molar refractivity (Wildman–Crippen MR) is 115 cm³/mol. The first kappa shape index (κ1) is 27.9. The summed E-state index contributed by atoms with van der Waals surface area (Å²) >= 11 is 6.33. The van der Waals surface area contributed by atoms with Gasteiger partial charge in [-0.15, -0.1) is 0 Å². The van der Waals surface area contributed by atoms with Gasteiger partial charge in [0, 0.05) is 10.0 Å². The summed E-state index contributed by atoms with van der Waals surface area (Å²) in [5.74, 6) is -6.83. The van der Waals surface area contributed by atoms with Gasteiger partial charge in [0.25, 0.3) is 0 Å². The Labute approximate surface area is 205 Å². The highest BCUT2D eigenvalue weighted by molar-refractivity contribution is 9.11. The quantitative estimate of drug-likeness (QED) is 0.111. The van der Waals surface area contributed by atoms with E-state index in [-0.39, 0.29) is 24.5 Å². The van der Waals surface area contributed by atoms with Crippen molar-refractivity contribution in [2.45, 2.75) is 31.7 Å². The van der Waals surface area contributed by atoms with Gasteiger partial charge in [-0.25, -0.2) is 10.2 Å². The van der Waals surface area contributed by atoms with E-state index >= 15 is 0 Å². The number of hydrazone groups is 1. The fourth-order valence-electron chi connectivity index (χ4n) is 2.37. The number of carbonyl (C=O) groups excluding carboxylic acids is 1. The smallest absolute Gasteiger partial charge is 0.462 e.